The van der Waals surface area contributed by atoms with Gasteiger partial charge in [0, 0.05) is 36.5 Å². The number of rotatable bonds is 6. The number of nitrogens with one attached hydrogen (secondary N) is 2. The fourth-order valence-corrected chi connectivity index (χ4v) is 3.13. The quantitative estimate of drug-likeness (QED) is 0.631. The predicted octanol–water partition coefficient (Wildman–Crippen LogP) is 3.38. The molecule has 3 rings (SSSR count). The zero-order chi connectivity index (χ0) is 16.1. The van der Waals surface area contributed by atoms with Crippen LogP contribution in [0.15, 0.2) is 34.6 Å². The van der Waals surface area contributed by atoms with Crippen LogP contribution < -0.4 is 10.6 Å². The van der Waals surface area contributed by atoms with Crippen molar-refractivity contribution in [3.05, 3.63) is 40.9 Å². The molecule has 1 aliphatic carbocycles. The summed E-state index contributed by atoms with van der Waals surface area (Å²) < 4.78 is 0. The molecule has 4 nitrogen and oxygen atoms in total. The molecule has 0 radical (unpaired) electrons. The Labute approximate surface area is 142 Å². The Morgan fingerprint density at radius 2 is 2.09 bits per heavy atom. The van der Waals surface area contributed by atoms with Gasteiger partial charge in [-0.2, -0.15) is 0 Å². The Balaban J connectivity index is 1.56. The first-order chi connectivity index (χ1) is 11.2. The van der Waals surface area contributed by atoms with Crippen LogP contribution in [0.3, 0.4) is 0 Å². The van der Waals surface area contributed by atoms with E-state index in [1.165, 1.54) is 24.0 Å². The number of benzene rings is 1. The fourth-order valence-electron chi connectivity index (χ4n) is 2.27. The molecule has 1 aliphatic rings. The number of nitrogens with zero attached hydrogens (tertiary/aromatic N) is 2. The van der Waals surface area contributed by atoms with Crippen LogP contribution in [-0.2, 0) is 6.42 Å². The maximum Gasteiger partial charge on any atom is 0.191 e. The topological polar surface area (TPSA) is 49.3 Å². The molecule has 0 amide bonds. The van der Waals surface area contributed by atoms with Gasteiger partial charge in [-0.05, 0) is 26.7 Å². The van der Waals surface area contributed by atoms with Gasteiger partial charge in [0.15, 0.2) is 5.96 Å². The molecule has 0 atom stereocenters. The second-order valence-electron chi connectivity index (χ2n) is 5.94. The van der Waals surface area contributed by atoms with Gasteiger partial charge in [-0.25, -0.2) is 4.98 Å². The number of thiazole rings is 1. The Hall–Kier alpha value is -1.88. The van der Waals surface area contributed by atoms with Crippen LogP contribution in [0.1, 0.15) is 31.0 Å². The Morgan fingerprint density at radius 3 is 2.78 bits per heavy atom. The minimum atomic E-state index is 0.625. The van der Waals surface area contributed by atoms with Crippen LogP contribution in [0.5, 0.6) is 0 Å². The fraction of sp³-hybridized carbons (Fsp3) is 0.444. The molecule has 122 valence electrons. The average Bonchev–Trinajstić information content (AvgIpc) is 3.24. The lowest BCUT2D eigenvalue weighted by Crippen LogP contribution is -2.38. The number of aromatic nitrogens is 1. The first kappa shape index (κ1) is 16.0. The van der Waals surface area contributed by atoms with Gasteiger partial charge in [-0.3, -0.25) is 4.99 Å². The summed E-state index contributed by atoms with van der Waals surface area (Å²) in [6.07, 6.45) is 3.40. The second kappa shape index (κ2) is 7.59. The standard InChI is InChI=1S/C18H24N4S/c1-3-19-18(22-15-8-9-15)20-11-10-16-12-23-17(21-16)14-6-4-13(2)5-7-14/h4-7,12,15H,3,8-11H2,1-2H3,(H2,19,20,22). The lowest BCUT2D eigenvalue weighted by atomic mass is 10.2. The maximum absolute atomic E-state index is 4.73. The summed E-state index contributed by atoms with van der Waals surface area (Å²) in [7, 11) is 0. The van der Waals surface area contributed by atoms with Crippen molar-refractivity contribution in [2.24, 2.45) is 4.99 Å². The van der Waals surface area contributed by atoms with Crippen molar-refractivity contribution in [2.45, 2.75) is 39.2 Å². The molecule has 1 aromatic heterocycles. The van der Waals surface area contributed by atoms with Crippen LogP contribution in [0.4, 0.5) is 0 Å². The number of guanidine groups is 1. The van der Waals surface area contributed by atoms with Crippen LogP contribution in [0, 0.1) is 6.92 Å². The van der Waals surface area contributed by atoms with E-state index < -0.39 is 0 Å². The van der Waals surface area contributed by atoms with Gasteiger partial charge in [0.1, 0.15) is 5.01 Å². The molecule has 1 heterocycles. The SMILES string of the molecule is CCNC(=NCCc1csc(-c2ccc(C)cc2)n1)NC1CC1. The number of aliphatic imine (C=N–C) groups is 1. The van der Waals surface area contributed by atoms with Crippen LogP contribution >= 0.6 is 11.3 Å². The van der Waals surface area contributed by atoms with E-state index in [1.807, 2.05) is 0 Å². The monoisotopic (exact) mass is 328 g/mol. The highest BCUT2D eigenvalue weighted by Crippen LogP contribution is 2.24. The minimum absolute atomic E-state index is 0.625. The molecule has 1 fully saturated rings. The van der Waals surface area contributed by atoms with Crippen molar-refractivity contribution < 1.29 is 0 Å². The predicted molar refractivity (Wildman–Crippen MR) is 98.1 cm³/mol. The maximum atomic E-state index is 4.73. The second-order valence-corrected chi connectivity index (χ2v) is 6.80. The third kappa shape index (κ3) is 4.79. The number of hydrogen-bond donors (Lipinski definition) is 2. The van der Waals surface area contributed by atoms with Crippen molar-refractivity contribution in [1.29, 1.82) is 0 Å². The smallest absolute Gasteiger partial charge is 0.191 e. The van der Waals surface area contributed by atoms with Crippen molar-refractivity contribution in [1.82, 2.24) is 15.6 Å². The lowest BCUT2D eigenvalue weighted by Gasteiger charge is -2.09. The van der Waals surface area contributed by atoms with Crippen LogP contribution in [0.2, 0.25) is 0 Å². The highest BCUT2D eigenvalue weighted by molar-refractivity contribution is 7.13. The molecule has 0 aliphatic heterocycles. The summed E-state index contributed by atoms with van der Waals surface area (Å²) >= 11 is 1.71. The molecule has 0 saturated heterocycles. The van der Waals surface area contributed by atoms with Gasteiger partial charge in [0.2, 0.25) is 0 Å². The highest BCUT2D eigenvalue weighted by atomic mass is 32.1. The zero-order valence-electron chi connectivity index (χ0n) is 13.8. The molecule has 5 heteroatoms. The summed E-state index contributed by atoms with van der Waals surface area (Å²) in [5.41, 5.74) is 3.59. The van der Waals surface area contributed by atoms with Gasteiger partial charge in [0.25, 0.3) is 0 Å². The van der Waals surface area contributed by atoms with E-state index in [0.717, 1.165) is 36.2 Å². The van der Waals surface area contributed by atoms with Gasteiger partial charge in [-0.1, -0.05) is 29.8 Å². The molecule has 1 saturated carbocycles. The average molecular weight is 328 g/mol. The van der Waals surface area contributed by atoms with Crippen molar-refractivity contribution in [3.8, 4) is 10.6 Å². The summed E-state index contributed by atoms with van der Waals surface area (Å²) in [6, 6.07) is 9.16. The number of aryl methyl sites for hydroxylation is 1. The summed E-state index contributed by atoms with van der Waals surface area (Å²) in [5.74, 6) is 0.934. The Kier molecular flexibility index (Phi) is 5.28. The van der Waals surface area contributed by atoms with Gasteiger partial charge in [0.05, 0.1) is 5.69 Å². The zero-order valence-corrected chi connectivity index (χ0v) is 14.6. The van der Waals surface area contributed by atoms with E-state index >= 15 is 0 Å². The van der Waals surface area contributed by atoms with E-state index in [-0.39, 0.29) is 0 Å². The van der Waals surface area contributed by atoms with Crippen LogP contribution in [0.25, 0.3) is 10.6 Å². The van der Waals surface area contributed by atoms with Crippen molar-refractivity contribution in [2.75, 3.05) is 13.1 Å². The third-order valence-electron chi connectivity index (χ3n) is 3.75. The molecule has 2 N–H and O–H groups in total. The molecule has 0 unspecified atom stereocenters. The normalized spacial score (nSPS) is 14.8. The van der Waals surface area contributed by atoms with Crippen molar-refractivity contribution >= 4 is 17.3 Å². The largest absolute Gasteiger partial charge is 0.357 e. The molecular weight excluding hydrogens is 304 g/mol. The molecule has 0 bridgehead atoms. The molecule has 0 spiro atoms. The van der Waals surface area contributed by atoms with Gasteiger partial charge >= 0.3 is 0 Å². The third-order valence-corrected chi connectivity index (χ3v) is 4.69. The summed E-state index contributed by atoms with van der Waals surface area (Å²) in [5, 5.41) is 9.97. The Morgan fingerprint density at radius 1 is 1.30 bits per heavy atom. The van der Waals surface area contributed by atoms with Crippen molar-refractivity contribution in [3.63, 3.8) is 0 Å². The first-order valence-electron chi connectivity index (χ1n) is 8.31. The molecule has 23 heavy (non-hydrogen) atoms. The molecular formula is C18H24N4S. The van der Waals surface area contributed by atoms with E-state index in [2.05, 4.69) is 59.1 Å². The minimum Gasteiger partial charge on any atom is -0.357 e. The molecule has 1 aromatic carbocycles. The van der Waals surface area contributed by atoms with E-state index in [0.29, 0.717) is 6.04 Å². The summed E-state index contributed by atoms with van der Waals surface area (Å²) in [4.78, 5) is 9.38. The van der Waals surface area contributed by atoms with Gasteiger partial charge < -0.3 is 10.6 Å². The van der Waals surface area contributed by atoms with E-state index in [4.69, 9.17) is 4.98 Å². The van der Waals surface area contributed by atoms with E-state index in [1.54, 1.807) is 11.3 Å². The first-order valence-corrected chi connectivity index (χ1v) is 9.19. The highest BCUT2D eigenvalue weighted by Gasteiger charge is 2.21. The Bertz CT molecular complexity index is 656. The lowest BCUT2D eigenvalue weighted by molar-refractivity contribution is 0.806. The van der Waals surface area contributed by atoms with E-state index in [9.17, 15) is 0 Å². The molecule has 2 aromatic rings. The van der Waals surface area contributed by atoms with Gasteiger partial charge in [-0.15, -0.1) is 11.3 Å². The van der Waals surface area contributed by atoms with Crippen LogP contribution in [-0.4, -0.2) is 30.1 Å². The number of hydrogen-bond acceptors (Lipinski definition) is 3. The summed E-state index contributed by atoms with van der Waals surface area (Å²) in [6.45, 7) is 5.86.